The van der Waals surface area contributed by atoms with Crippen molar-refractivity contribution in [1.29, 1.82) is 0 Å². The lowest BCUT2D eigenvalue weighted by atomic mass is 10.2. The Balaban J connectivity index is 2.32. The average Bonchev–Trinajstić information content (AvgIpc) is 2.85. The van der Waals surface area contributed by atoms with Crippen molar-refractivity contribution in [2.75, 3.05) is 18.5 Å². The number of rotatable bonds is 7. The molecule has 0 aliphatic heterocycles. The van der Waals surface area contributed by atoms with Gasteiger partial charge in [-0.3, -0.25) is 0 Å². The molecule has 0 saturated carbocycles. The molecule has 0 saturated heterocycles. The van der Waals surface area contributed by atoms with E-state index in [1.165, 1.54) is 16.3 Å². The van der Waals surface area contributed by atoms with Gasteiger partial charge >= 0.3 is 0 Å². The summed E-state index contributed by atoms with van der Waals surface area (Å²) >= 11 is 1.80. The Morgan fingerprint density at radius 1 is 1.20 bits per heavy atom. The van der Waals surface area contributed by atoms with Gasteiger partial charge in [0.25, 0.3) is 0 Å². The Morgan fingerprint density at radius 2 is 1.95 bits per heavy atom. The van der Waals surface area contributed by atoms with Gasteiger partial charge in [0.1, 0.15) is 0 Å². The van der Waals surface area contributed by atoms with Crippen LogP contribution in [0.1, 0.15) is 30.8 Å². The molecule has 20 heavy (non-hydrogen) atoms. The van der Waals surface area contributed by atoms with Crippen LogP contribution in [-0.2, 0) is 13.0 Å². The van der Waals surface area contributed by atoms with Gasteiger partial charge in [-0.2, -0.15) is 0 Å². The van der Waals surface area contributed by atoms with E-state index in [1.54, 1.807) is 11.3 Å². The Labute approximate surface area is 125 Å². The van der Waals surface area contributed by atoms with Crippen LogP contribution in [0.5, 0.6) is 0 Å². The maximum absolute atomic E-state index is 4.87. The average molecular weight is 289 g/mol. The molecule has 0 unspecified atom stereocenters. The van der Waals surface area contributed by atoms with Crippen LogP contribution in [-0.4, -0.2) is 18.6 Å². The molecule has 0 aliphatic rings. The second-order valence-corrected chi connectivity index (χ2v) is 5.79. The number of nitrogens with one attached hydrogen (secondary N) is 1. The van der Waals surface area contributed by atoms with E-state index in [4.69, 9.17) is 4.98 Å². The third-order valence-electron chi connectivity index (χ3n) is 3.21. The van der Waals surface area contributed by atoms with E-state index in [1.807, 2.05) is 13.1 Å². The first-order valence-corrected chi connectivity index (χ1v) is 8.07. The van der Waals surface area contributed by atoms with Gasteiger partial charge in [0.2, 0.25) is 0 Å². The number of hydrogen-bond donors (Lipinski definition) is 1. The van der Waals surface area contributed by atoms with Gasteiger partial charge in [0, 0.05) is 23.7 Å². The van der Waals surface area contributed by atoms with Crippen molar-refractivity contribution >= 4 is 22.2 Å². The second kappa shape index (κ2) is 7.41. The number of aryl methyl sites for hydroxylation is 1. The first kappa shape index (κ1) is 15.0. The fourth-order valence-electron chi connectivity index (χ4n) is 2.25. The summed E-state index contributed by atoms with van der Waals surface area (Å²) in [5.41, 5.74) is 2.46. The fraction of sp³-hybridized carbons (Fsp3) is 0.438. The van der Waals surface area contributed by atoms with Crippen molar-refractivity contribution < 1.29 is 0 Å². The van der Waals surface area contributed by atoms with Gasteiger partial charge in [0.15, 0.2) is 5.13 Å². The van der Waals surface area contributed by atoms with E-state index < -0.39 is 0 Å². The molecule has 0 spiro atoms. The first-order chi connectivity index (χ1) is 9.80. The van der Waals surface area contributed by atoms with Gasteiger partial charge < -0.3 is 10.2 Å². The summed E-state index contributed by atoms with van der Waals surface area (Å²) in [6.45, 7) is 6.21. The highest BCUT2D eigenvalue weighted by atomic mass is 32.1. The maximum Gasteiger partial charge on any atom is 0.190 e. The molecule has 0 amide bonds. The van der Waals surface area contributed by atoms with Crippen LogP contribution in [0.2, 0.25) is 0 Å². The van der Waals surface area contributed by atoms with Crippen molar-refractivity contribution in [2.24, 2.45) is 0 Å². The van der Waals surface area contributed by atoms with Crippen molar-refractivity contribution in [1.82, 2.24) is 10.3 Å². The topological polar surface area (TPSA) is 28.2 Å². The smallest absolute Gasteiger partial charge is 0.190 e. The molecular weight excluding hydrogens is 266 g/mol. The van der Waals surface area contributed by atoms with Gasteiger partial charge in [-0.15, -0.1) is 0 Å². The summed E-state index contributed by atoms with van der Waals surface area (Å²) in [6.07, 6.45) is 2.19. The van der Waals surface area contributed by atoms with E-state index in [-0.39, 0.29) is 0 Å². The molecular formula is C16H23N3S. The minimum atomic E-state index is 0.902. The summed E-state index contributed by atoms with van der Waals surface area (Å²) in [4.78, 5) is 8.51. The van der Waals surface area contributed by atoms with Crippen LogP contribution in [0.15, 0.2) is 30.3 Å². The van der Waals surface area contributed by atoms with Gasteiger partial charge in [-0.1, -0.05) is 42.9 Å². The molecule has 2 rings (SSSR count). The van der Waals surface area contributed by atoms with Crippen LogP contribution in [0, 0.1) is 0 Å². The quantitative estimate of drug-likeness (QED) is 0.836. The predicted molar refractivity (Wildman–Crippen MR) is 88.0 cm³/mol. The van der Waals surface area contributed by atoms with E-state index in [2.05, 4.69) is 48.3 Å². The van der Waals surface area contributed by atoms with Crippen molar-refractivity contribution in [2.45, 2.75) is 33.2 Å². The van der Waals surface area contributed by atoms with Gasteiger partial charge in [-0.05, 0) is 32.5 Å². The summed E-state index contributed by atoms with van der Waals surface area (Å²) in [6, 6.07) is 10.5. The molecule has 0 aliphatic carbocycles. The first-order valence-electron chi connectivity index (χ1n) is 7.25. The zero-order valence-corrected chi connectivity index (χ0v) is 13.3. The second-order valence-electron chi connectivity index (χ2n) is 4.73. The lowest BCUT2D eigenvalue weighted by molar-refractivity contribution is 0.797. The van der Waals surface area contributed by atoms with Crippen LogP contribution in [0.25, 0.3) is 0 Å². The summed E-state index contributed by atoms with van der Waals surface area (Å²) in [5, 5.41) is 4.35. The molecule has 3 nitrogen and oxygen atoms in total. The van der Waals surface area contributed by atoms with Crippen LogP contribution >= 0.6 is 11.3 Å². The normalized spacial score (nSPS) is 10.8. The van der Waals surface area contributed by atoms with Crippen LogP contribution < -0.4 is 10.2 Å². The number of para-hydroxylation sites is 1. The highest BCUT2D eigenvalue weighted by Crippen LogP contribution is 2.32. The number of thiazole rings is 1. The number of benzene rings is 1. The summed E-state index contributed by atoms with van der Waals surface area (Å²) in [5.74, 6) is 0. The number of anilines is 2. The number of nitrogens with zero attached hydrogens (tertiary/aromatic N) is 2. The minimum absolute atomic E-state index is 0.902. The van der Waals surface area contributed by atoms with E-state index in [9.17, 15) is 0 Å². The standard InChI is InChI=1S/C16H23N3S/c1-4-9-14-15(12-17-3)20-16(18-14)19(5-2)13-10-7-6-8-11-13/h6-8,10-11,17H,4-5,9,12H2,1-3H3. The van der Waals surface area contributed by atoms with E-state index in [0.717, 1.165) is 31.1 Å². The molecule has 0 bridgehead atoms. The van der Waals surface area contributed by atoms with E-state index in [0.29, 0.717) is 0 Å². The Morgan fingerprint density at radius 3 is 2.55 bits per heavy atom. The van der Waals surface area contributed by atoms with Crippen LogP contribution in [0.3, 0.4) is 0 Å². The predicted octanol–water partition coefficient (Wildman–Crippen LogP) is 3.97. The molecule has 1 N–H and O–H groups in total. The molecule has 0 fully saturated rings. The highest BCUT2D eigenvalue weighted by molar-refractivity contribution is 7.15. The third-order valence-corrected chi connectivity index (χ3v) is 4.33. The molecule has 0 radical (unpaired) electrons. The SMILES string of the molecule is CCCc1nc(N(CC)c2ccccc2)sc1CNC. The Hall–Kier alpha value is -1.39. The molecule has 1 aromatic carbocycles. The monoisotopic (exact) mass is 289 g/mol. The zero-order valence-electron chi connectivity index (χ0n) is 12.5. The third kappa shape index (κ3) is 3.38. The van der Waals surface area contributed by atoms with Crippen LogP contribution in [0.4, 0.5) is 10.8 Å². The van der Waals surface area contributed by atoms with Gasteiger partial charge in [0.05, 0.1) is 5.69 Å². The lowest BCUT2D eigenvalue weighted by Crippen LogP contribution is -2.15. The molecule has 108 valence electrons. The summed E-state index contributed by atoms with van der Waals surface area (Å²) in [7, 11) is 1.99. The lowest BCUT2D eigenvalue weighted by Gasteiger charge is -2.19. The fourth-order valence-corrected chi connectivity index (χ4v) is 3.46. The zero-order chi connectivity index (χ0) is 14.4. The largest absolute Gasteiger partial charge is 0.318 e. The maximum atomic E-state index is 4.87. The minimum Gasteiger partial charge on any atom is -0.318 e. The van der Waals surface area contributed by atoms with Crippen molar-refractivity contribution in [3.05, 3.63) is 40.9 Å². The number of hydrogen-bond acceptors (Lipinski definition) is 4. The molecule has 1 heterocycles. The summed E-state index contributed by atoms with van der Waals surface area (Å²) < 4.78 is 0. The molecule has 2 aromatic rings. The molecule has 4 heteroatoms. The van der Waals surface area contributed by atoms with Crippen molar-refractivity contribution in [3.63, 3.8) is 0 Å². The van der Waals surface area contributed by atoms with Crippen molar-refractivity contribution in [3.8, 4) is 0 Å². The number of aromatic nitrogens is 1. The highest BCUT2D eigenvalue weighted by Gasteiger charge is 2.15. The molecule has 0 atom stereocenters. The molecule has 1 aromatic heterocycles. The van der Waals surface area contributed by atoms with Gasteiger partial charge in [-0.25, -0.2) is 4.98 Å². The Kier molecular flexibility index (Phi) is 5.56. The van der Waals surface area contributed by atoms with E-state index >= 15 is 0 Å². The Bertz CT molecular complexity index is 498.